The van der Waals surface area contributed by atoms with Crippen molar-refractivity contribution in [2.24, 2.45) is 0 Å². The van der Waals surface area contributed by atoms with Crippen molar-refractivity contribution in [2.75, 3.05) is 6.61 Å². The van der Waals surface area contributed by atoms with E-state index in [1.54, 1.807) is 0 Å². The first-order valence-corrected chi connectivity index (χ1v) is 3.84. The minimum atomic E-state index is -4.60. The van der Waals surface area contributed by atoms with Crippen LogP contribution in [0.3, 0.4) is 0 Å². The van der Waals surface area contributed by atoms with E-state index in [4.69, 9.17) is 5.11 Å². The van der Waals surface area contributed by atoms with E-state index < -0.39 is 13.0 Å². The predicted octanol–water partition coefficient (Wildman–Crippen LogP) is 0.912. The Morgan fingerprint density at radius 2 is 2.21 bits per heavy atom. The molecule has 0 unspecified atom stereocenters. The number of alkyl halides is 3. The van der Waals surface area contributed by atoms with Crippen molar-refractivity contribution in [2.45, 2.75) is 19.5 Å². The highest BCUT2D eigenvalue weighted by molar-refractivity contribution is 5.01. The molecular weight excluding hydrogens is 201 g/mol. The third-order valence-electron chi connectivity index (χ3n) is 1.46. The Morgan fingerprint density at radius 3 is 2.71 bits per heavy atom. The topological polar surface area (TPSA) is 47.3 Å². The number of hydrogen-bond donors (Lipinski definition) is 1. The van der Waals surface area contributed by atoms with Gasteiger partial charge in [0, 0.05) is 11.8 Å². The first kappa shape index (κ1) is 11.0. The molecule has 0 amide bonds. The van der Waals surface area contributed by atoms with Gasteiger partial charge in [-0.25, -0.2) is 0 Å². The van der Waals surface area contributed by atoms with Crippen LogP contribution in [0, 0.1) is 0 Å². The quantitative estimate of drug-likeness (QED) is 0.803. The second-order valence-electron chi connectivity index (χ2n) is 2.56. The lowest BCUT2D eigenvalue weighted by atomic mass is 10.4. The first-order valence-electron chi connectivity index (χ1n) is 3.84. The molecule has 1 aromatic rings. The van der Waals surface area contributed by atoms with Crippen LogP contribution in [0.5, 0.6) is 0 Å². The highest BCUT2D eigenvalue weighted by Gasteiger charge is 2.28. The molecule has 14 heavy (non-hydrogen) atoms. The van der Waals surface area contributed by atoms with Crippen molar-refractivity contribution < 1.29 is 23.0 Å². The van der Waals surface area contributed by atoms with Gasteiger partial charge in [-0.15, -0.1) is 13.2 Å². The molecule has 1 N–H and O–H groups in total. The Hall–Kier alpha value is -1.08. The molecule has 0 aromatic carbocycles. The number of aliphatic hydroxyl groups excluding tert-OH is 1. The maximum atomic E-state index is 11.5. The molecule has 0 saturated heterocycles. The van der Waals surface area contributed by atoms with Gasteiger partial charge >= 0.3 is 6.36 Å². The molecule has 0 saturated carbocycles. The summed E-state index contributed by atoms with van der Waals surface area (Å²) in [5, 5.41) is 12.4. The standard InChI is InChI=1S/C7H9F3N2O2/c8-7(9,10)14-2-1-12-4-6(5-13)3-11-12/h3-4,13H,1-2,5H2. The van der Waals surface area contributed by atoms with Gasteiger partial charge in [0.1, 0.15) is 0 Å². The zero-order chi connectivity index (χ0) is 10.6. The maximum Gasteiger partial charge on any atom is 0.522 e. The SMILES string of the molecule is OCc1cnn(CCOC(F)(F)F)c1. The molecule has 0 aliphatic heterocycles. The number of hydrogen-bond acceptors (Lipinski definition) is 3. The highest BCUT2D eigenvalue weighted by Crippen LogP contribution is 2.15. The summed E-state index contributed by atoms with van der Waals surface area (Å²) < 4.78 is 39.4. The van der Waals surface area contributed by atoms with Gasteiger partial charge in [-0.3, -0.25) is 9.42 Å². The molecule has 7 heteroatoms. The van der Waals surface area contributed by atoms with Gasteiger partial charge in [0.05, 0.1) is 26.0 Å². The summed E-state index contributed by atoms with van der Waals surface area (Å²) in [4.78, 5) is 0. The van der Waals surface area contributed by atoms with E-state index in [-0.39, 0.29) is 13.2 Å². The fourth-order valence-corrected chi connectivity index (χ4v) is 0.865. The molecule has 0 aliphatic carbocycles. The van der Waals surface area contributed by atoms with E-state index in [1.807, 2.05) is 0 Å². The molecule has 0 spiro atoms. The van der Waals surface area contributed by atoms with Gasteiger partial charge in [-0.2, -0.15) is 5.10 Å². The summed E-state index contributed by atoms with van der Waals surface area (Å²) in [5.74, 6) is 0. The number of aliphatic hydroxyl groups is 1. The number of nitrogens with zero attached hydrogens (tertiary/aromatic N) is 2. The largest absolute Gasteiger partial charge is 0.522 e. The van der Waals surface area contributed by atoms with Crippen LogP contribution in [-0.2, 0) is 17.9 Å². The van der Waals surface area contributed by atoms with Crippen molar-refractivity contribution in [1.82, 2.24) is 9.78 Å². The fourth-order valence-electron chi connectivity index (χ4n) is 0.865. The van der Waals surface area contributed by atoms with Crippen LogP contribution < -0.4 is 0 Å². The third kappa shape index (κ3) is 3.75. The van der Waals surface area contributed by atoms with E-state index in [0.717, 1.165) is 0 Å². The molecule has 0 aliphatic rings. The van der Waals surface area contributed by atoms with Crippen molar-refractivity contribution in [3.63, 3.8) is 0 Å². The minimum absolute atomic E-state index is 0.000486. The minimum Gasteiger partial charge on any atom is -0.392 e. The summed E-state index contributed by atoms with van der Waals surface area (Å²) in [6.07, 6.45) is -1.76. The lowest BCUT2D eigenvalue weighted by Gasteiger charge is -2.06. The summed E-state index contributed by atoms with van der Waals surface area (Å²) in [5.41, 5.74) is 0.553. The van der Waals surface area contributed by atoms with Crippen LogP contribution in [0.15, 0.2) is 12.4 Å². The molecular formula is C7H9F3N2O2. The molecule has 1 aromatic heterocycles. The lowest BCUT2D eigenvalue weighted by molar-refractivity contribution is -0.325. The number of aromatic nitrogens is 2. The monoisotopic (exact) mass is 210 g/mol. The first-order chi connectivity index (χ1) is 6.51. The average molecular weight is 210 g/mol. The van der Waals surface area contributed by atoms with E-state index in [1.165, 1.54) is 17.1 Å². The van der Waals surface area contributed by atoms with Crippen molar-refractivity contribution >= 4 is 0 Å². The van der Waals surface area contributed by atoms with Crippen LogP contribution in [0.25, 0.3) is 0 Å². The smallest absolute Gasteiger partial charge is 0.392 e. The van der Waals surface area contributed by atoms with Crippen LogP contribution in [0.2, 0.25) is 0 Å². The van der Waals surface area contributed by atoms with E-state index in [9.17, 15) is 13.2 Å². The molecule has 1 heterocycles. The molecule has 4 nitrogen and oxygen atoms in total. The number of halogens is 3. The van der Waals surface area contributed by atoms with Gasteiger partial charge in [0.2, 0.25) is 0 Å². The summed E-state index contributed by atoms with van der Waals surface area (Å²) >= 11 is 0. The predicted molar refractivity (Wildman–Crippen MR) is 40.2 cm³/mol. The Labute approximate surface area is 77.9 Å². The molecule has 1 rings (SSSR count). The highest BCUT2D eigenvalue weighted by atomic mass is 19.4. The van der Waals surface area contributed by atoms with Gasteiger partial charge in [0.25, 0.3) is 0 Å². The van der Waals surface area contributed by atoms with Crippen LogP contribution >= 0.6 is 0 Å². The maximum absolute atomic E-state index is 11.5. The zero-order valence-electron chi connectivity index (χ0n) is 7.16. The van der Waals surface area contributed by atoms with E-state index in [2.05, 4.69) is 9.84 Å². The molecule has 0 radical (unpaired) electrons. The molecule has 0 atom stereocenters. The van der Waals surface area contributed by atoms with Crippen molar-refractivity contribution in [1.29, 1.82) is 0 Å². The number of rotatable bonds is 4. The zero-order valence-corrected chi connectivity index (χ0v) is 7.16. The Kier molecular flexibility index (Phi) is 3.48. The van der Waals surface area contributed by atoms with Gasteiger partial charge in [-0.05, 0) is 0 Å². The fraction of sp³-hybridized carbons (Fsp3) is 0.571. The van der Waals surface area contributed by atoms with E-state index in [0.29, 0.717) is 5.56 Å². The normalized spacial score (nSPS) is 12.0. The molecule has 0 fully saturated rings. The second-order valence-corrected chi connectivity index (χ2v) is 2.56. The summed E-state index contributed by atoms with van der Waals surface area (Å²) in [6.45, 7) is -0.671. The van der Waals surface area contributed by atoms with Crippen molar-refractivity contribution in [3.8, 4) is 0 Å². The van der Waals surface area contributed by atoms with Crippen LogP contribution in [-0.4, -0.2) is 27.9 Å². The summed E-state index contributed by atoms with van der Waals surface area (Å²) in [7, 11) is 0. The Bertz CT molecular complexity index is 285. The Balaban J connectivity index is 2.31. The lowest BCUT2D eigenvalue weighted by Crippen LogP contribution is -2.17. The van der Waals surface area contributed by atoms with Gasteiger partial charge in [-0.1, -0.05) is 0 Å². The average Bonchev–Trinajstić information content (AvgIpc) is 2.50. The van der Waals surface area contributed by atoms with Gasteiger partial charge < -0.3 is 5.11 Å². The van der Waals surface area contributed by atoms with E-state index >= 15 is 0 Å². The van der Waals surface area contributed by atoms with Gasteiger partial charge in [0.15, 0.2) is 0 Å². The molecule has 80 valence electrons. The van der Waals surface area contributed by atoms with Crippen LogP contribution in [0.4, 0.5) is 13.2 Å². The second kappa shape index (κ2) is 4.43. The summed E-state index contributed by atoms with van der Waals surface area (Å²) in [6, 6.07) is 0. The molecule has 0 bridgehead atoms. The van der Waals surface area contributed by atoms with Crippen LogP contribution in [0.1, 0.15) is 5.56 Å². The Morgan fingerprint density at radius 1 is 1.50 bits per heavy atom. The number of ether oxygens (including phenoxy) is 1. The van der Waals surface area contributed by atoms with Crippen molar-refractivity contribution in [3.05, 3.63) is 18.0 Å². The third-order valence-corrected chi connectivity index (χ3v) is 1.46.